The number of carboxylic acids is 3. The minimum Gasteiger partial charge on any atom is -0.480 e. The summed E-state index contributed by atoms with van der Waals surface area (Å²) in [6.45, 7) is 1.82. The largest absolute Gasteiger partial charge is 0.480 e. The molecule has 0 spiro atoms. The molecule has 0 saturated carbocycles. The highest BCUT2D eigenvalue weighted by Crippen LogP contribution is 2.30. The predicted octanol–water partition coefficient (Wildman–Crippen LogP) is 0.152. The fourth-order valence-electron chi connectivity index (χ4n) is 2.23. The van der Waals surface area contributed by atoms with Crippen molar-refractivity contribution in [2.24, 2.45) is 0 Å². The van der Waals surface area contributed by atoms with Crippen LogP contribution >= 0.6 is 0 Å². The third kappa shape index (κ3) is 5.20. The van der Waals surface area contributed by atoms with Crippen LogP contribution in [0.4, 0.5) is 16.2 Å². The topological polar surface area (TPSA) is 208 Å². The summed E-state index contributed by atoms with van der Waals surface area (Å²) < 4.78 is 0. The number of rotatable bonds is 10. The molecule has 1 aromatic carbocycles. The molecule has 12 heteroatoms. The molecule has 150 valence electrons. The molecule has 0 fully saturated rings. The third-order valence-corrected chi connectivity index (χ3v) is 3.52. The van der Waals surface area contributed by atoms with Gasteiger partial charge in [0.15, 0.2) is 5.78 Å². The molecule has 28 heavy (non-hydrogen) atoms. The van der Waals surface area contributed by atoms with E-state index in [4.69, 9.17) is 26.2 Å². The Morgan fingerprint density at radius 3 is 2.11 bits per heavy atom. The fourth-order valence-corrected chi connectivity index (χ4v) is 2.23. The first kappa shape index (κ1) is 22.0. The number of hydrogen-bond acceptors (Lipinski definition) is 7. The Kier molecular flexibility index (Phi) is 7.07. The Balaban J connectivity index is 3.51. The van der Waals surface area contributed by atoms with Crippen molar-refractivity contribution in [1.82, 2.24) is 4.90 Å². The van der Waals surface area contributed by atoms with E-state index in [0.29, 0.717) is 4.90 Å². The van der Waals surface area contributed by atoms with E-state index < -0.39 is 48.9 Å². The number of anilines is 2. The average Bonchev–Trinajstić information content (AvgIpc) is 2.58. The highest BCUT2D eigenvalue weighted by molar-refractivity contribution is 6.10. The maximum absolute atomic E-state index is 11.9. The van der Waals surface area contributed by atoms with Crippen LogP contribution in [0.5, 0.6) is 0 Å². The Morgan fingerprint density at radius 1 is 1.11 bits per heavy atom. The van der Waals surface area contributed by atoms with Crippen molar-refractivity contribution in [3.8, 4) is 0 Å². The lowest BCUT2D eigenvalue weighted by Gasteiger charge is -2.23. The van der Waals surface area contributed by atoms with Gasteiger partial charge in [-0.3, -0.25) is 14.5 Å². The molecule has 0 saturated heterocycles. The van der Waals surface area contributed by atoms with E-state index in [0.717, 1.165) is 6.08 Å². The summed E-state index contributed by atoms with van der Waals surface area (Å²) in [5.74, 6) is -5.62. The van der Waals surface area contributed by atoms with Gasteiger partial charge in [0, 0.05) is 5.56 Å². The van der Waals surface area contributed by atoms with Gasteiger partial charge in [0.25, 0.3) is 0 Å². The normalized spacial score (nSPS) is 10.2. The number of nitrogens with zero attached hydrogens (tertiary/aromatic N) is 1. The zero-order chi connectivity index (χ0) is 21.6. The first-order chi connectivity index (χ1) is 13.0. The van der Waals surface area contributed by atoms with E-state index in [1.54, 1.807) is 0 Å². The van der Waals surface area contributed by atoms with E-state index >= 15 is 0 Å². The van der Waals surface area contributed by atoms with Gasteiger partial charge in [-0.05, 0) is 17.7 Å². The SMILES string of the molecule is C=CC(=O)c1ccc(CN(CC(=O)O)C(=O)O)c(NC(C(=O)O)C(=O)O)c1N. The molecule has 0 aliphatic heterocycles. The predicted molar refractivity (Wildman–Crippen MR) is 94.1 cm³/mol. The van der Waals surface area contributed by atoms with Crippen LogP contribution in [-0.4, -0.2) is 67.7 Å². The Morgan fingerprint density at radius 2 is 1.68 bits per heavy atom. The van der Waals surface area contributed by atoms with Crippen molar-refractivity contribution >= 4 is 41.2 Å². The third-order valence-electron chi connectivity index (χ3n) is 3.52. The number of benzene rings is 1. The minimum atomic E-state index is -2.16. The number of carbonyl (C=O) groups excluding carboxylic acids is 1. The van der Waals surface area contributed by atoms with Gasteiger partial charge in [-0.15, -0.1) is 0 Å². The van der Waals surface area contributed by atoms with Crippen LogP contribution in [0.15, 0.2) is 24.8 Å². The van der Waals surface area contributed by atoms with Crippen LogP contribution in [0.25, 0.3) is 0 Å². The van der Waals surface area contributed by atoms with E-state index in [1.807, 2.05) is 0 Å². The summed E-state index contributed by atoms with van der Waals surface area (Å²) in [7, 11) is 0. The molecule has 0 aliphatic carbocycles. The molecule has 7 N–H and O–H groups in total. The van der Waals surface area contributed by atoms with Gasteiger partial charge in [0.1, 0.15) is 6.54 Å². The van der Waals surface area contributed by atoms with Gasteiger partial charge in [-0.2, -0.15) is 0 Å². The summed E-state index contributed by atoms with van der Waals surface area (Å²) >= 11 is 0. The maximum Gasteiger partial charge on any atom is 0.408 e. The molecule has 1 rings (SSSR count). The zero-order valence-corrected chi connectivity index (χ0v) is 14.3. The van der Waals surface area contributed by atoms with Crippen LogP contribution in [0.2, 0.25) is 0 Å². The second-order valence-corrected chi connectivity index (χ2v) is 5.42. The lowest BCUT2D eigenvalue weighted by Crippen LogP contribution is -2.38. The number of aliphatic carboxylic acids is 3. The van der Waals surface area contributed by atoms with Crippen molar-refractivity contribution in [2.75, 3.05) is 17.6 Å². The molecule has 0 atom stereocenters. The number of carboxylic acid groups (broad SMARTS) is 4. The molecule has 0 radical (unpaired) electrons. The second-order valence-electron chi connectivity index (χ2n) is 5.42. The molecule has 0 heterocycles. The number of hydrogen-bond donors (Lipinski definition) is 6. The number of amides is 1. The molecule has 12 nitrogen and oxygen atoms in total. The van der Waals surface area contributed by atoms with Crippen molar-refractivity contribution in [3.63, 3.8) is 0 Å². The Labute approximate surface area is 157 Å². The highest BCUT2D eigenvalue weighted by atomic mass is 16.4. The highest BCUT2D eigenvalue weighted by Gasteiger charge is 2.29. The molecule has 0 aliphatic rings. The molecule has 0 aromatic heterocycles. The lowest BCUT2D eigenvalue weighted by atomic mass is 10.0. The number of carbonyl (C=O) groups is 5. The summed E-state index contributed by atoms with van der Waals surface area (Å²) in [5, 5.41) is 38.2. The van der Waals surface area contributed by atoms with Crippen LogP contribution in [0.1, 0.15) is 15.9 Å². The summed E-state index contributed by atoms with van der Waals surface area (Å²) in [4.78, 5) is 56.8. The molecule has 0 unspecified atom stereocenters. The van der Waals surface area contributed by atoms with E-state index in [2.05, 4.69) is 11.9 Å². The number of nitrogens with two attached hydrogens (primary N) is 1. The van der Waals surface area contributed by atoms with Gasteiger partial charge < -0.3 is 31.5 Å². The summed E-state index contributed by atoms with van der Waals surface area (Å²) in [6.07, 6.45) is -0.666. The quantitative estimate of drug-likeness (QED) is 0.136. The average molecular weight is 395 g/mol. The standard InChI is InChI=1S/C16H17N3O9/c1-2-9(20)8-4-3-7(5-19(16(27)28)6-10(21)22)12(11(8)17)18-13(14(23)24)15(25)26/h2-4,13,18H,1,5-6,17H2,(H,21,22)(H,23,24)(H,25,26)(H,27,28). The van der Waals surface area contributed by atoms with E-state index in [9.17, 15) is 24.0 Å². The number of nitrogen functional groups attached to an aromatic ring is 1. The zero-order valence-electron chi connectivity index (χ0n) is 14.3. The van der Waals surface area contributed by atoms with Gasteiger partial charge in [-0.25, -0.2) is 14.4 Å². The molecule has 1 aromatic rings. The molecule has 1 amide bonds. The maximum atomic E-state index is 11.9. The van der Waals surface area contributed by atoms with Crippen molar-refractivity contribution in [3.05, 3.63) is 35.9 Å². The van der Waals surface area contributed by atoms with E-state index in [-0.39, 0.29) is 22.5 Å². The van der Waals surface area contributed by atoms with Crippen LogP contribution in [-0.2, 0) is 20.9 Å². The van der Waals surface area contributed by atoms with Crippen molar-refractivity contribution < 1.29 is 44.4 Å². The second kappa shape index (κ2) is 9.02. The number of nitrogens with one attached hydrogen (secondary N) is 1. The lowest BCUT2D eigenvalue weighted by molar-refractivity contribution is -0.148. The van der Waals surface area contributed by atoms with Crippen molar-refractivity contribution in [1.29, 1.82) is 0 Å². The number of allylic oxidation sites excluding steroid dienone is 1. The van der Waals surface area contributed by atoms with Crippen molar-refractivity contribution in [2.45, 2.75) is 12.6 Å². The minimum absolute atomic E-state index is 0.0331. The molecular formula is C16H17N3O9. The van der Waals surface area contributed by atoms with Gasteiger partial charge >= 0.3 is 24.0 Å². The van der Waals surface area contributed by atoms with E-state index in [1.165, 1.54) is 12.1 Å². The Hall–Kier alpha value is -4.09. The van der Waals surface area contributed by atoms with Gasteiger partial charge in [0.2, 0.25) is 6.04 Å². The first-order valence-electron chi connectivity index (χ1n) is 7.49. The fraction of sp³-hybridized carbons (Fsp3) is 0.188. The summed E-state index contributed by atoms with van der Waals surface area (Å²) in [5.41, 5.74) is 5.04. The van der Waals surface area contributed by atoms with Crippen LogP contribution < -0.4 is 11.1 Å². The first-order valence-corrected chi connectivity index (χ1v) is 7.49. The van der Waals surface area contributed by atoms with Gasteiger partial charge in [-0.1, -0.05) is 12.6 Å². The Bertz CT molecular complexity index is 836. The smallest absolute Gasteiger partial charge is 0.408 e. The van der Waals surface area contributed by atoms with Crippen LogP contribution in [0, 0.1) is 0 Å². The molecular weight excluding hydrogens is 378 g/mol. The van der Waals surface area contributed by atoms with Gasteiger partial charge in [0.05, 0.1) is 17.9 Å². The summed E-state index contributed by atoms with van der Waals surface area (Å²) in [6, 6.07) is 0.249. The molecule has 0 bridgehead atoms. The monoisotopic (exact) mass is 395 g/mol. The number of ketones is 1. The van der Waals surface area contributed by atoms with Crippen LogP contribution in [0.3, 0.4) is 0 Å².